The van der Waals surface area contributed by atoms with E-state index in [2.05, 4.69) is 0 Å². The van der Waals surface area contributed by atoms with Crippen LogP contribution in [0.3, 0.4) is 0 Å². The standard InChI is InChI=1S/C14H13ClF3NO2/c15-6-1-2-12(20)10-3-4-11-9(8-10)5-7-19(11)13(21)14(16,17)18/h3-4,8H,1-2,5-7H2. The van der Waals surface area contributed by atoms with Gasteiger partial charge in [-0.1, -0.05) is 0 Å². The fraction of sp³-hybridized carbons (Fsp3) is 0.429. The van der Waals surface area contributed by atoms with Gasteiger partial charge in [0, 0.05) is 30.1 Å². The molecular formula is C14H13ClF3NO2. The molecule has 1 aliphatic rings. The van der Waals surface area contributed by atoms with E-state index in [1.54, 1.807) is 6.07 Å². The van der Waals surface area contributed by atoms with Crippen LogP contribution in [0.2, 0.25) is 0 Å². The predicted octanol–water partition coefficient (Wildman–Crippen LogP) is 3.34. The first kappa shape index (κ1) is 15.8. The Morgan fingerprint density at radius 3 is 2.62 bits per heavy atom. The van der Waals surface area contributed by atoms with E-state index in [0.29, 0.717) is 41.2 Å². The molecule has 0 spiro atoms. The molecular weight excluding hydrogens is 307 g/mol. The third-order valence-electron chi connectivity index (χ3n) is 3.32. The molecule has 0 saturated heterocycles. The van der Waals surface area contributed by atoms with Gasteiger partial charge in [-0.15, -0.1) is 11.6 Å². The smallest absolute Gasteiger partial charge is 0.304 e. The lowest BCUT2D eigenvalue weighted by molar-refractivity contribution is -0.170. The number of hydrogen-bond donors (Lipinski definition) is 0. The third-order valence-corrected chi connectivity index (χ3v) is 3.59. The molecule has 0 bridgehead atoms. The molecule has 0 saturated carbocycles. The van der Waals surface area contributed by atoms with Gasteiger partial charge in [-0.05, 0) is 36.6 Å². The number of alkyl halides is 4. The molecule has 0 aliphatic carbocycles. The SMILES string of the molecule is O=C(CCCCl)c1ccc2c(c1)CCN2C(=O)C(F)(F)F. The zero-order valence-corrected chi connectivity index (χ0v) is 11.8. The Morgan fingerprint density at radius 2 is 2.00 bits per heavy atom. The van der Waals surface area contributed by atoms with Crippen LogP contribution in [0.5, 0.6) is 0 Å². The van der Waals surface area contributed by atoms with Crippen LogP contribution in [0, 0.1) is 0 Å². The van der Waals surface area contributed by atoms with Gasteiger partial charge in [-0.3, -0.25) is 9.59 Å². The summed E-state index contributed by atoms with van der Waals surface area (Å²) < 4.78 is 37.5. The van der Waals surface area contributed by atoms with Gasteiger partial charge in [0.1, 0.15) is 0 Å². The van der Waals surface area contributed by atoms with Crippen molar-refractivity contribution in [1.82, 2.24) is 0 Å². The summed E-state index contributed by atoms with van der Waals surface area (Å²) in [5.41, 5.74) is 1.26. The van der Waals surface area contributed by atoms with Crippen LogP contribution in [0.15, 0.2) is 18.2 Å². The number of carbonyl (C=O) groups is 2. The van der Waals surface area contributed by atoms with Gasteiger partial charge in [0.25, 0.3) is 0 Å². The van der Waals surface area contributed by atoms with E-state index in [9.17, 15) is 22.8 Å². The van der Waals surface area contributed by atoms with Gasteiger partial charge in [0.2, 0.25) is 0 Å². The molecule has 21 heavy (non-hydrogen) atoms. The summed E-state index contributed by atoms with van der Waals surface area (Å²) in [6, 6.07) is 4.42. The summed E-state index contributed by atoms with van der Waals surface area (Å²) in [6.45, 7) is -0.0208. The second-order valence-corrected chi connectivity index (χ2v) is 5.14. The van der Waals surface area contributed by atoms with Crippen LogP contribution in [0.1, 0.15) is 28.8 Å². The zero-order chi connectivity index (χ0) is 15.6. The Kier molecular flexibility index (Phi) is 4.56. The van der Waals surface area contributed by atoms with E-state index in [1.807, 2.05) is 0 Å². The number of nitrogens with zero attached hydrogens (tertiary/aromatic N) is 1. The highest BCUT2D eigenvalue weighted by Gasteiger charge is 2.44. The number of anilines is 1. The summed E-state index contributed by atoms with van der Waals surface area (Å²) in [5.74, 6) is -1.59. The maximum Gasteiger partial charge on any atom is 0.471 e. The minimum absolute atomic E-state index is 0.0208. The Hall–Kier alpha value is -1.56. The van der Waals surface area contributed by atoms with Gasteiger partial charge in [0.05, 0.1) is 0 Å². The number of hydrogen-bond acceptors (Lipinski definition) is 2. The van der Waals surface area contributed by atoms with Crippen LogP contribution in [-0.2, 0) is 11.2 Å². The number of benzene rings is 1. The quantitative estimate of drug-likeness (QED) is 0.630. The first-order chi connectivity index (χ1) is 9.84. The van der Waals surface area contributed by atoms with Gasteiger partial charge in [0.15, 0.2) is 5.78 Å². The number of fused-ring (bicyclic) bond motifs is 1. The number of ketones is 1. The fourth-order valence-corrected chi connectivity index (χ4v) is 2.44. The van der Waals surface area contributed by atoms with Crippen molar-refractivity contribution in [2.45, 2.75) is 25.4 Å². The number of Topliss-reactive ketones (excluding diaryl/α,β-unsaturated/α-hetero) is 1. The molecule has 1 aromatic rings. The summed E-state index contributed by atoms with van der Waals surface area (Å²) in [4.78, 5) is 23.9. The summed E-state index contributed by atoms with van der Waals surface area (Å²) in [7, 11) is 0. The molecule has 0 unspecified atom stereocenters. The number of amides is 1. The minimum atomic E-state index is -4.89. The maximum atomic E-state index is 12.5. The highest BCUT2D eigenvalue weighted by molar-refractivity contribution is 6.18. The van der Waals surface area contributed by atoms with Crippen molar-refractivity contribution in [3.63, 3.8) is 0 Å². The number of rotatable bonds is 4. The molecule has 0 N–H and O–H groups in total. The normalized spacial score (nSPS) is 14.2. The van der Waals surface area contributed by atoms with E-state index < -0.39 is 12.1 Å². The second kappa shape index (κ2) is 6.05. The molecule has 0 fully saturated rings. The van der Waals surface area contributed by atoms with Gasteiger partial charge in [-0.2, -0.15) is 13.2 Å². The van der Waals surface area contributed by atoms with Gasteiger partial charge >= 0.3 is 12.1 Å². The second-order valence-electron chi connectivity index (χ2n) is 4.76. The molecule has 0 aromatic heterocycles. The van der Waals surface area contributed by atoms with Gasteiger partial charge in [-0.25, -0.2) is 0 Å². The summed E-state index contributed by atoms with van der Waals surface area (Å²) in [6.07, 6.45) is -3.73. The molecule has 1 heterocycles. The van der Waals surface area contributed by atoms with Crippen LogP contribution >= 0.6 is 11.6 Å². The first-order valence-electron chi connectivity index (χ1n) is 6.45. The zero-order valence-electron chi connectivity index (χ0n) is 11.0. The molecule has 0 atom stereocenters. The predicted molar refractivity (Wildman–Crippen MR) is 72.8 cm³/mol. The van der Waals surface area contributed by atoms with Crippen molar-refractivity contribution >= 4 is 29.0 Å². The number of halogens is 4. The lowest BCUT2D eigenvalue weighted by Crippen LogP contribution is -2.40. The molecule has 1 aliphatic heterocycles. The fourth-order valence-electron chi connectivity index (χ4n) is 2.31. The molecule has 7 heteroatoms. The van der Waals surface area contributed by atoms with E-state index in [-0.39, 0.29) is 18.0 Å². The minimum Gasteiger partial charge on any atom is -0.304 e. The van der Waals surface area contributed by atoms with E-state index in [0.717, 1.165) is 0 Å². The number of carbonyl (C=O) groups excluding carboxylic acids is 2. The first-order valence-corrected chi connectivity index (χ1v) is 6.99. The third kappa shape index (κ3) is 3.37. The topological polar surface area (TPSA) is 37.4 Å². The molecule has 0 radical (unpaired) electrons. The molecule has 1 aromatic carbocycles. The molecule has 1 amide bonds. The van der Waals surface area contributed by atoms with Crippen molar-refractivity contribution < 1.29 is 22.8 Å². The average molecular weight is 320 g/mol. The van der Waals surface area contributed by atoms with Crippen molar-refractivity contribution in [3.8, 4) is 0 Å². The van der Waals surface area contributed by atoms with Crippen LogP contribution in [0.4, 0.5) is 18.9 Å². The Labute approximate surface area is 124 Å². The average Bonchev–Trinajstić information content (AvgIpc) is 2.85. The lowest BCUT2D eigenvalue weighted by atomic mass is 10.0. The molecule has 114 valence electrons. The lowest BCUT2D eigenvalue weighted by Gasteiger charge is -2.18. The highest BCUT2D eigenvalue weighted by Crippen LogP contribution is 2.32. The van der Waals surface area contributed by atoms with E-state index >= 15 is 0 Å². The Morgan fingerprint density at radius 1 is 1.29 bits per heavy atom. The van der Waals surface area contributed by atoms with Crippen molar-refractivity contribution in [2.75, 3.05) is 17.3 Å². The molecule has 3 nitrogen and oxygen atoms in total. The maximum absolute atomic E-state index is 12.5. The van der Waals surface area contributed by atoms with Gasteiger partial charge < -0.3 is 4.90 Å². The van der Waals surface area contributed by atoms with Crippen LogP contribution in [-0.4, -0.2) is 30.3 Å². The molecule has 2 rings (SSSR count). The highest BCUT2D eigenvalue weighted by atomic mass is 35.5. The van der Waals surface area contributed by atoms with Crippen LogP contribution < -0.4 is 4.90 Å². The summed E-state index contributed by atoms with van der Waals surface area (Å²) >= 11 is 5.52. The van der Waals surface area contributed by atoms with Crippen molar-refractivity contribution in [3.05, 3.63) is 29.3 Å². The van der Waals surface area contributed by atoms with E-state index in [1.165, 1.54) is 12.1 Å². The summed E-state index contributed by atoms with van der Waals surface area (Å²) in [5, 5.41) is 0. The van der Waals surface area contributed by atoms with E-state index in [4.69, 9.17) is 11.6 Å². The van der Waals surface area contributed by atoms with Crippen LogP contribution in [0.25, 0.3) is 0 Å². The van der Waals surface area contributed by atoms with Crippen molar-refractivity contribution in [2.24, 2.45) is 0 Å². The Balaban J connectivity index is 2.21. The largest absolute Gasteiger partial charge is 0.471 e. The Bertz CT molecular complexity index is 572. The monoisotopic (exact) mass is 319 g/mol. The van der Waals surface area contributed by atoms with Crippen molar-refractivity contribution in [1.29, 1.82) is 0 Å².